The first kappa shape index (κ1) is 17.0. The normalized spacial score (nSPS) is 21.6. The quantitative estimate of drug-likeness (QED) is 0.812. The molecule has 124 valence electrons. The highest BCUT2D eigenvalue weighted by molar-refractivity contribution is 5.44. The minimum absolute atomic E-state index is 0.0593. The second-order valence-corrected chi connectivity index (χ2v) is 6.01. The van der Waals surface area contributed by atoms with Crippen LogP contribution in [-0.4, -0.2) is 37.5 Å². The maximum Gasteiger partial charge on any atom is 0.387 e. The molecule has 0 bridgehead atoms. The van der Waals surface area contributed by atoms with E-state index in [2.05, 4.69) is 10.1 Å². The van der Waals surface area contributed by atoms with Gasteiger partial charge in [0.05, 0.1) is 13.2 Å². The monoisotopic (exact) mass is 315 g/mol. The summed E-state index contributed by atoms with van der Waals surface area (Å²) >= 11 is 0. The third kappa shape index (κ3) is 4.55. The molecule has 2 rings (SSSR count). The Kier molecular flexibility index (Phi) is 5.97. The minimum atomic E-state index is -2.88. The van der Waals surface area contributed by atoms with Crippen molar-refractivity contribution >= 4 is 0 Å². The van der Waals surface area contributed by atoms with Crippen molar-refractivity contribution in [1.82, 2.24) is 5.32 Å². The summed E-state index contributed by atoms with van der Waals surface area (Å²) in [5, 5.41) is 12.4. The molecule has 0 radical (unpaired) electrons. The Morgan fingerprint density at radius 1 is 1.32 bits per heavy atom. The standard InChI is InChI=1S/C16H23F2NO3/c1-10(2)9-21-15-6-11(3-4-14(15)22-16(17)18)12-5-13(8-20)19-7-12/h3-4,6,10,12-13,16,19-20H,5,7-9H2,1-2H3/t12-,13-/m1/s1. The van der Waals surface area contributed by atoms with Crippen molar-refractivity contribution in [3.05, 3.63) is 23.8 Å². The molecule has 1 aromatic rings. The van der Waals surface area contributed by atoms with Gasteiger partial charge in [-0.2, -0.15) is 8.78 Å². The second kappa shape index (κ2) is 7.74. The van der Waals surface area contributed by atoms with Gasteiger partial charge in [0.1, 0.15) is 0 Å². The van der Waals surface area contributed by atoms with E-state index in [1.165, 1.54) is 6.07 Å². The van der Waals surface area contributed by atoms with Gasteiger partial charge in [-0.3, -0.25) is 0 Å². The summed E-state index contributed by atoms with van der Waals surface area (Å²) in [5.41, 5.74) is 1.00. The van der Waals surface area contributed by atoms with Gasteiger partial charge in [0, 0.05) is 12.6 Å². The van der Waals surface area contributed by atoms with Gasteiger partial charge in [-0.05, 0) is 36.0 Å². The fourth-order valence-electron chi connectivity index (χ4n) is 2.55. The average molecular weight is 315 g/mol. The van der Waals surface area contributed by atoms with Crippen molar-refractivity contribution in [3.63, 3.8) is 0 Å². The van der Waals surface area contributed by atoms with Crippen LogP contribution >= 0.6 is 0 Å². The molecular formula is C16H23F2NO3. The molecule has 1 aliphatic heterocycles. The first-order valence-electron chi connectivity index (χ1n) is 7.55. The SMILES string of the molecule is CC(C)COc1cc([C@H]2CN[C@@H](CO)C2)ccc1OC(F)F. The first-order chi connectivity index (χ1) is 10.5. The van der Waals surface area contributed by atoms with Gasteiger partial charge in [0.2, 0.25) is 0 Å². The second-order valence-electron chi connectivity index (χ2n) is 6.01. The lowest BCUT2D eigenvalue weighted by molar-refractivity contribution is -0.0516. The summed E-state index contributed by atoms with van der Waals surface area (Å²) in [6, 6.07) is 5.17. The van der Waals surface area contributed by atoms with Gasteiger partial charge in [0.15, 0.2) is 11.5 Å². The zero-order chi connectivity index (χ0) is 16.1. The van der Waals surface area contributed by atoms with Crippen molar-refractivity contribution < 1.29 is 23.4 Å². The van der Waals surface area contributed by atoms with Crippen molar-refractivity contribution in [2.45, 2.75) is 38.8 Å². The van der Waals surface area contributed by atoms with Gasteiger partial charge >= 0.3 is 6.61 Å². The Balaban J connectivity index is 2.16. The molecule has 0 spiro atoms. The van der Waals surface area contributed by atoms with Crippen molar-refractivity contribution in [3.8, 4) is 11.5 Å². The van der Waals surface area contributed by atoms with Gasteiger partial charge in [0.25, 0.3) is 0 Å². The molecule has 0 saturated carbocycles. The van der Waals surface area contributed by atoms with Crippen LogP contribution in [0.1, 0.15) is 31.7 Å². The zero-order valence-corrected chi connectivity index (χ0v) is 12.9. The number of hydrogen-bond donors (Lipinski definition) is 2. The zero-order valence-electron chi connectivity index (χ0n) is 12.9. The molecule has 1 aliphatic rings. The number of hydrogen-bond acceptors (Lipinski definition) is 4. The Morgan fingerprint density at radius 3 is 2.68 bits per heavy atom. The fraction of sp³-hybridized carbons (Fsp3) is 0.625. The van der Waals surface area contributed by atoms with Crippen molar-refractivity contribution in [2.24, 2.45) is 5.92 Å². The molecule has 0 aromatic heterocycles. The van der Waals surface area contributed by atoms with Crippen LogP contribution in [0.4, 0.5) is 8.78 Å². The third-order valence-corrected chi connectivity index (χ3v) is 3.67. The minimum Gasteiger partial charge on any atom is -0.489 e. The predicted octanol–water partition coefficient (Wildman–Crippen LogP) is 2.76. The lowest BCUT2D eigenvalue weighted by Crippen LogP contribution is -2.24. The predicted molar refractivity (Wildman–Crippen MR) is 79.6 cm³/mol. The summed E-state index contributed by atoms with van der Waals surface area (Å²) in [7, 11) is 0. The van der Waals surface area contributed by atoms with E-state index in [1.807, 2.05) is 13.8 Å². The average Bonchev–Trinajstić information content (AvgIpc) is 2.94. The van der Waals surface area contributed by atoms with E-state index in [4.69, 9.17) is 4.74 Å². The van der Waals surface area contributed by atoms with Crippen LogP contribution in [0.2, 0.25) is 0 Å². The van der Waals surface area contributed by atoms with Crippen LogP contribution in [-0.2, 0) is 0 Å². The molecule has 1 fully saturated rings. The van der Waals surface area contributed by atoms with Crippen molar-refractivity contribution in [1.29, 1.82) is 0 Å². The Hall–Kier alpha value is -1.40. The van der Waals surface area contributed by atoms with E-state index >= 15 is 0 Å². The molecule has 2 N–H and O–H groups in total. The number of aliphatic hydroxyl groups excluding tert-OH is 1. The highest BCUT2D eigenvalue weighted by Gasteiger charge is 2.25. The topological polar surface area (TPSA) is 50.7 Å². The van der Waals surface area contributed by atoms with E-state index in [0.29, 0.717) is 12.4 Å². The summed E-state index contributed by atoms with van der Waals surface area (Å²) in [6.07, 6.45) is 0.815. The van der Waals surface area contributed by atoms with Gasteiger partial charge in [-0.15, -0.1) is 0 Å². The van der Waals surface area contributed by atoms with Gasteiger partial charge < -0.3 is 19.9 Å². The molecular weight excluding hydrogens is 292 g/mol. The van der Waals surface area contributed by atoms with Crippen molar-refractivity contribution in [2.75, 3.05) is 19.8 Å². The Labute approximate surface area is 129 Å². The van der Waals surface area contributed by atoms with E-state index in [0.717, 1.165) is 18.5 Å². The van der Waals surface area contributed by atoms with Gasteiger partial charge in [-0.1, -0.05) is 19.9 Å². The third-order valence-electron chi connectivity index (χ3n) is 3.67. The van der Waals surface area contributed by atoms with E-state index in [1.54, 1.807) is 12.1 Å². The number of halogens is 2. The van der Waals surface area contributed by atoms with Crippen LogP contribution in [0.25, 0.3) is 0 Å². The molecule has 6 heteroatoms. The highest BCUT2D eigenvalue weighted by atomic mass is 19.3. The van der Waals surface area contributed by atoms with E-state index in [-0.39, 0.29) is 30.2 Å². The number of rotatable bonds is 7. The highest BCUT2D eigenvalue weighted by Crippen LogP contribution is 2.35. The Bertz CT molecular complexity index is 482. The molecule has 1 heterocycles. The molecule has 0 aliphatic carbocycles. The summed E-state index contributed by atoms with van der Waals surface area (Å²) < 4.78 is 35.1. The largest absolute Gasteiger partial charge is 0.489 e. The summed E-state index contributed by atoms with van der Waals surface area (Å²) in [6.45, 7) is 2.39. The smallest absolute Gasteiger partial charge is 0.387 e. The number of nitrogens with one attached hydrogen (secondary N) is 1. The lowest BCUT2D eigenvalue weighted by atomic mass is 9.96. The number of benzene rings is 1. The van der Waals surface area contributed by atoms with Crippen LogP contribution in [0, 0.1) is 5.92 Å². The summed E-state index contributed by atoms with van der Waals surface area (Å²) in [5.74, 6) is 0.928. The molecule has 0 amide bonds. The molecule has 4 nitrogen and oxygen atoms in total. The fourth-order valence-corrected chi connectivity index (χ4v) is 2.55. The van der Waals surface area contributed by atoms with E-state index < -0.39 is 6.61 Å². The molecule has 1 aromatic carbocycles. The first-order valence-corrected chi connectivity index (χ1v) is 7.55. The van der Waals surface area contributed by atoms with Crippen LogP contribution in [0.3, 0.4) is 0 Å². The molecule has 1 saturated heterocycles. The number of ether oxygens (including phenoxy) is 2. The molecule has 22 heavy (non-hydrogen) atoms. The maximum atomic E-state index is 12.5. The maximum absolute atomic E-state index is 12.5. The molecule has 2 atom stereocenters. The van der Waals surface area contributed by atoms with E-state index in [9.17, 15) is 13.9 Å². The van der Waals surface area contributed by atoms with Crippen LogP contribution < -0.4 is 14.8 Å². The lowest BCUT2D eigenvalue weighted by Gasteiger charge is -2.17. The number of alkyl halides is 2. The summed E-state index contributed by atoms with van der Waals surface area (Å²) in [4.78, 5) is 0. The number of aliphatic hydroxyl groups is 1. The Morgan fingerprint density at radius 2 is 2.09 bits per heavy atom. The molecule has 0 unspecified atom stereocenters. The van der Waals surface area contributed by atoms with Crippen LogP contribution in [0.15, 0.2) is 18.2 Å². The van der Waals surface area contributed by atoms with Gasteiger partial charge in [-0.25, -0.2) is 0 Å². The van der Waals surface area contributed by atoms with Crippen LogP contribution in [0.5, 0.6) is 11.5 Å².